The second-order valence-corrected chi connectivity index (χ2v) is 4.79. The van der Waals surface area contributed by atoms with Gasteiger partial charge in [0.2, 0.25) is 0 Å². The zero-order valence-electron chi connectivity index (χ0n) is 9.56. The molecule has 2 aromatic carbocycles. The monoisotopic (exact) mass is 244 g/mol. The first kappa shape index (κ1) is 11.9. The second-order valence-electron chi connectivity index (χ2n) is 3.72. The third kappa shape index (κ3) is 3.46. The summed E-state index contributed by atoms with van der Waals surface area (Å²) in [5.74, 6) is 0. The van der Waals surface area contributed by atoms with Gasteiger partial charge in [0.1, 0.15) is 0 Å². The summed E-state index contributed by atoms with van der Waals surface area (Å²) in [5.41, 5.74) is 2.00. The van der Waals surface area contributed by atoms with E-state index in [0.29, 0.717) is 0 Å². The first-order valence-corrected chi connectivity index (χ1v) is 6.23. The van der Waals surface area contributed by atoms with E-state index in [4.69, 9.17) is 0 Å². The van der Waals surface area contributed by atoms with Crippen molar-refractivity contribution in [3.05, 3.63) is 70.9 Å². The summed E-state index contributed by atoms with van der Waals surface area (Å²) in [4.78, 5) is 0.912. The highest BCUT2D eigenvalue weighted by molar-refractivity contribution is 8.03. The minimum atomic E-state index is -0.189. The van der Waals surface area contributed by atoms with Gasteiger partial charge in [0, 0.05) is 4.90 Å². The molecule has 2 rings (SSSR count). The molecule has 0 bridgehead atoms. The van der Waals surface area contributed by atoms with Crippen LogP contribution in [0.1, 0.15) is 11.1 Å². The van der Waals surface area contributed by atoms with E-state index in [1.165, 1.54) is 0 Å². The molecule has 17 heavy (non-hydrogen) atoms. The Bertz CT molecular complexity index is 517. The van der Waals surface area contributed by atoms with Crippen molar-refractivity contribution in [2.24, 2.45) is 0 Å². The van der Waals surface area contributed by atoms with E-state index < -0.39 is 0 Å². The lowest BCUT2D eigenvalue weighted by atomic mass is 10.1. The normalized spacial score (nSPS) is 11.5. The molecule has 0 radical (unpaired) electrons. The van der Waals surface area contributed by atoms with E-state index in [-0.39, 0.29) is 5.16 Å². The topological polar surface area (TPSA) is 0 Å². The average molecular weight is 244 g/mol. The van der Waals surface area contributed by atoms with E-state index in [9.17, 15) is 4.39 Å². The Balaban J connectivity index is 2.16. The maximum absolute atomic E-state index is 13.8. The smallest absolute Gasteiger partial charge is 0.161 e. The molecule has 2 aromatic rings. The minimum Gasteiger partial charge on any atom is -0.199 e. The third-order valence-electron chi connectivity index (χ3n) is 2.42. The summed E-state index contributed by atoms with van der Waals surface area (Å²) in [5, 5.41) is -0.189. The fraction of sp³-hybridized carbons (Fsp3) is 0.0667. The largest absolute Gasteiger partial charge is 0.199 e. The highest BCUT2D eigenvalue weighted by atomic mass is 32.2. The average Bonchev–Trinajstić information content (AvgIpc) is 2.33. The molecule has 0 heterocycles. The Hall–Kier alpha value is -1.54. The van der Waals surface area contributed by atoms with Gasteiger partial charge >= 0.3 is 0 Å². The molecule has 0 aliphatic carbocycles. The van der Waals surface area contributed by atoms with Crippen LogP contribution in [-0.4, -0.2) is 0 Å². The predicted molar refractivity (Wildman–Crippen MR) is 72.6 cm³/mol. The van der Waals surface area contributed by atoms with Crippen molar-refractivity contribution in [3.63, 3.8) is 0 Å². The summed E-state index contributed by atoms with van der Waals surface area (Å²) < 4.78 is 13.8. The summed E-state index contributed by atoms with van der Waals surface area (Å²) in [7, 11) is 0. The number of hydrogen-bond donors (Lipinski definition) is 0. The molecule has 0 aliphatic rings. The van der Waals surface area contributed by atoms with Gasteiger partial charge in [-0.2, -0.15) is 4.39 Å². The maximum Gasteiger partial charge on any atom is 0.161 e. The Kier molecular flexibility index (Phi) is 3.99. The van der Waals surface area contributed by atoms with Gasteiger partial charge in [-0.05, 0) is 36.3 Å². The minimum absolute atomic E-state index is 0.189. The highest BCUT2D eigenvalue weighted by Gasteiger charge is 2.00. The fourth-order valence-electron chi connectivity index (χ4n) is 1.50. The van der Waals surface area contributed by atoms with Crippen LogP contribution in [0, 0.1) is 6.92 Å². The van der Waals surface area contributed by atoms with Crippen LogP contribution in [0.5, 0.6) is 0 Å². The van der Waals surface area contributed by atoms with Crippen LogP contribution < -0.4 is 0 Å². The summed E-state index contributed by atoms with van der Waals surface area (Å²) in [6, 6.07) is 17.3. The molecule has 0 fully saturated rings. The molecule has 0 nitrogen and oxygen atoms in total. The summed E-state index contributed by atoms with van der Waals surface area (Å²) >= 11 is 1.14. The number of aryl methyl sites for hydroxylation is 1. The maximum atomic E-state index is 13.8. The van der Waals surface area contributed by atoms with Crippen LogP contribution in [0.25, 0.3) is 6.08 Å². The summed E-state index contributed by atoms with van der Waals surface area (Å²) in [6.45, 7) is 1.98. The van der Waals surface area contributed by atoms with Gasteiger partial charge in [-0.15, -0.1) is 0 Å². The molecule has 0 aliphatic heterocycles. The number of benzene rings is 2. The van der Waals surface area contributed by atoms with Crippen molar-refractivity contribution in [2.45, 2.75) is 11.8 Å². The lowest BCUT2D eigenvalue weighted by molar-refractivity contribution is 0.706. The van der Waals surface area contributed by atoms with E-state index in [1.807, 2.05) is 61.5 Å². The van der Waals surface area contributed by atoms with Crippen molar-refractivity contribution in [1.82, 2.24) is 0 Å². The van der Waals surface area contributed by atoms with Crippen LogP contribution in [0.15, 0.2) is 64.7 Å². The Morgan fingerprint density at radius 1 is 1.00 bits per heavy atom. The van der Waals surface area contributed by atoms with E-state index in [0.717, 1.165) is 27.8 Å². The zero-order valence-corrected chi connectivity index (χ0v) is 10.4. The van der Waals surface area contributed by atoms with Crippen LogP contribution in [0.2, 0.25) is 0 Å². The van der Waals surface area contributed by atoms with Gasteiger partial charge in [-0.25, -0.2) is 0 Å². The quantitative estimate of drug-likeness (QED) is 0.680. The van der Waals surface area contributed by atoms with Crippen LogP contribution in [-0.2, 0) is 0 Å². The molecule has 2 heteroatoms. The Labute approximate surface area is 105 Å². The van der Waals surface area contributed by atoms with Crippen molar-refractivity contribution in [1.29, 1.82) is 0 Å². The fourth-order valence-corrected chi connectivity index (χ4v) is 2.21. The van der Waals surface area contributed by atoms with E-state index in [2.05, 4.69) is 0 Å². The first-order valence-electron chi connectivity index (χ1n) is 5.41. The molecular formula is C15H13FS. The Morgan fingerprint density at radius 3 is 2.35 bits per heavy atom. The van der Waals surface area contributed by atoms with E-state index >= 15 is 0 Å². The Morgan fingerprint density at radius 2 is 1.65 bits per heavy atom. The van der Waals surface area contributed by atoms with Gasteiger partial charge in [0.25, 0.3) is 0 Å². The van der Waals surface area contributed by atoms with Crippen LogP contribution in [0.4, 0.5) is 4.39 Å². The van der Waals surface area contributed by atoms with Crippen molar-refractivity contribution in [2.75, 3.05) is 0 Å². The molecule has 0 saturated carbocycles. The molecule has 0 saturated heterocycles. The van der Waals surface area contributed by atoms with Gasteiger partial charge < -0.3 is 0 Å². The standard InChI is InChI=1S/C15H13FS/c1-12-7-5-6-8-13(12)11-15(16)17-14-9-3-2-4-10-14/h2-11H,1H3/b15-11-. The zero-order chi connectivity index (χ0) is 12.1. The second kappa shape index (κ2) is 5.69. The molecular weight excluding hydrogens is 231 g/mol. The summed E-state index contributed by atoms with van der Waals surface area (Å²) in [6.07, 6.45) is 1.58. The molecule has 86 valence electrons. The van der Waals surface area contributed by atoms with Crippen molar-refractivity contribution in [3.8, 4) is 0 Å². The third-order valence-corrected chi connectivity index (χ3v) is 3.24. The van der Waals surface area contributed by atoms with Gasteiger partial charge in [0.05, 0.1) is 0 Å². The lowest BCUT2D eigenvalue weighted by Gasteiger charge is -2.01. The number of rotatable bonds is 3. The first-order chi connectivity index (χ1) is 8.25. The van der Waals surface area contributed by atoms with Crippen LogP contribution in [0.3, 0.4) is 0 Å². The highest BCUT2D eigenvalue weighted by Crippen LogP contribution is 2.29. The lowest BCUT2D eigenvalue weighted by Crippen LogP contribution is -1.79. The molecule has 0 spiro atoms. The van der Waals surface area contributed by atoms with Crippen molar-refractivity contribution >= 4 is 17.8 Å². The number of thioether (sulfide) groups is 1. The van der Waals surface area contributed by atoms with Crippen LogP contribution >= 0.6 is 11.8 Å². The van der Waals surface area contributed by atoms with Crippen molar-refractivity contribution < 1.29 is 4.39 Å². The SMILES string of the molecule is Cc1ccccc1/C=C(/F)Sc1ccccc1. The molecule has 0 amide bonds. The predicted octanol–water partition coefficient (Wildman–Crippen LogP) is 5.06. The number of halogens is 1. The molecule has 0 unspecified atom stereocenters. The van der Waals surface area contributed by atoms with Gasteiger partial charge in [-0.3, -0.25) is 0 Å². The van der Waals surface area contributed by atoms with Gasteiger partial charge in [-0.1, -0.05) is 54.2 Å². The van der Waals surface area contributed by atoms with Gasteiger partial charge in [0.15, 0.2) is 5.16 Å². The molecule has 0 atom stereocenters. The number of hydrogen-bond acceptors (Lipinski definition) is 1. The molecule has 0 N–H and O–H groups in total. The van der Waals surface area contributed by atoms with E-state index in [1.54, 1.807) is 6.08 Å². The molecule has 0 aromatic heterocycles.